The van der Waals surface area contributed by atoms with E-state index in [1.807, 2.05) is 0 Å². The second-order valence-corrected chi connectivity index (χ2v) is 5.37. The lowest BCUT2D eigenvalue weighted by molar-refractivity contribution is 0.381. The van der Waals surface area contributed by atoms with Crippen molar-refractivity contribution in [2.24, 2.45) is 0 Å². The van der Waals surface area contributed by atoms with Gasteiger partial charge in [-0.15, -0.1) is 0 Å². The van der Waals surface area contributed by atoms with Gasteiger partial charge < -0.3 is 10.6 Å². The van der Waals surface area contributed by atoms with Crippen LogP contribution in [-0.4, -0.2) is 30.6 Å². The molecule has 0 unspecified atom stereocenters. The van der Waals surface area contributed by atoms with Crippen molar-refractivity contribution in [3.8, 4) is 0 Å². The Hall–Kier alpha value is -1.31. The van der Waals surface area contributed by atoms with E-state index in [1.54, 1.807) is 0 Å². The van der Waals surface area contributed by atoms with Gasteiger partial charge >= 0.3 is 10.4 Å². The maximum Gasteiger partial charge on any atom is 0.394 e. The molecule has 7 heteroatoms. The normalized spacial score (nSPS) is 16.9. The summed E-state index contributed by atoms with van der Waals surface area (Å²) < 4.78 is 31.6. The Morgan fingerprint density at radius 3 is 2.28 bits per heavy atom. The third kappa shape index (κ3) is 3.12. The second-order valence-electron chi connectivity index (χ2n) is 4.48. The molecular formula is C11H16N2O4S. The van der Waals surface area contributed by atoms with Gasteiger partial charge in [0.25, 0.3) is 0 Å². The number of rotatable bonds is 0. The molecular weight excluding hydrogens is 256 g/mol. The lowest BCUT2D eigenvalue weighted by atomic mass is 9.99. The van der Waals surface area contributed by atoms with Crippen LogP contribution in [0.25, 0.3) is 0 Å². The molecule has 2 aliphatic heterocycles. The highest BCUT2D eigenvalue weighted by Crippen LogP contribution is 2.37. The van der Waals surface area contributed by atoms with Gasteiger partial charge in [0.2, 0.25) is 0 Å². The topological polar surface area (TPSA) is 104 Å². The van der Waals surface area contributed by atoms with Crippen LogP contribution in [0.2, 0.25) is 0 Å². The molecule has 0 spiro atoms. The molecule has 0 saturated carbocycles. The lowest BCUT2D eigenvalue weighted by Crippen LogP contribution is -2.26. The van der Waals surface area contributed by atoms with Crippen LogP contribution in [0.5, 0.6) is 0 Å². The minimum atomic E-state index is -4.67. The molecule has 6 nitrogen and oxygen atoms in total. The maximum atomic E-state index is 8.74. The lowest BCUT2D eigenvalue weighted by Gasteiger charge is -2.27. The summed E-state index contributed by atoms with van der Waals surface area (Å²) in [5.41, 5.74) is 11.2. The van der Waals surface area contributed by atoms with Gasteiger partial charge in [0.1, 0.15) is 0 Å². The molecule has 0 aromatic heterocycles. The number of aryl methyl sites for hydroxylation is 1. The number of nitrogens with two attached hydrogens (primary N) is 1. The predicted molar refractivity (Wildman–Crippen MR) is 69.3 cm³/mol. The van der Waals surface area contributed by atoms with Crippen molar-refractivity contribution in [3.05, 3.63) is 23.3 Å². The van der Waals surface area contributed by atoms with Crippen molar-refractivity contribution in [1.82, 2.24) is 0 Å². The van der Waals surface area contributed by atoms with Gasteiger partial charge in [-0.25, -0.2) is 0 Å². The van der Waals surface area contributed by atoms with E-state index in [0.29, 0.717) is 0 Å². The maximum absolute atomic E-state index is 8.74. The molecule has 1 aromatic rings. The van der Waals surface area contributed by atoms with E-state index in [2.05, 4.69) is 17.0 Å². The Balaban J connectivity index is 0.000000209. The predicted octanol–water partition coefficient (Wildman–Crippen LogP) is 0.925. The van der Waals surface area contributed by atoms with E-state index < -0.39 is 10.4 Å². The van der Waals surface area contributed by atoms with Crippen LogP contribution in [0, 0.1) is 0 Å². The number of nitrogen functional groups attached to an aromatic ring is 1. The molecule has 0 aliphatic carbocycles. The molecule has 0 amide bonds. The fourth-order valence-corrected chi connectivity index (χ4v) is 2.63. The summed E-state index contributed by atoms with van der Waals surface area (Å²) in [7, 11) is -4.67. The van der Waals surface area contributed by atoms with E-state index in [4.69, 9.17) is 23.3 Å². The summed E-state index contributed by atoms with van der Waals surface area (Å²) in [6.07, 6.45) is 3.69. The van der Waals surface area contributed by atoms with Crippen LogP contribution in [0.15, 0.2) is 12.1 Å². The van der Waals surface area contributed by atoms with Crippen molar-refractivity contribution in [1.29, 1.82) is 0 Å². The molecule has 2 heterocycles. The number of hydrogen-bond donors (Lipinski definition) is 3. The van der Waals surface area contributed by atoms with E-state index in [-0.39, 0.29) is 0 Å². The number of benzene rings is 1. The number of anilines is 2. The van der Waals surface area contributed by atoms with Gasteiger partial charge in [0.15, 0.2) is 0 Å². The summed E-state index contributed by atoms with van der Waals surface area (Å²) in [6.45, 7) is 2.44. The van der Waals surface area contributed by atoms with E-state index in [9.17, 15) is 0 Å². The quantitative estimate of drug-likeness (QED) is 0.479. The highest BCUT2D eigenvalue weighted by atomic mass is 32.3. The summed E-state index contributed by atoms with van der Waals surface area (Å²) in [5, 5.41) is 0. The van der Waals surface area contributed by atoms with Gasteiger partial charge in [0, 0.05) is 24.5 Å². The fourth-order valence-electron chi connectivity index (χ4n) is 2.63. The zero-order valence-corrected chi connectivity index (χ0v) is 10.7. The number of hydrogen-bond acceptors (Lipinski definition) is 4. The molecule has 0 saturated heterocycles. The van der Waals surface area contributed by atoms with Crippen LogP contribution >= 0.6 is 0 Å². The van der Waals surface area contributed by atoms with Gasteiger partial charge in [0.05, 0.1) is 0 Å². The van der Waals surface area contributed by atoms with Crippen molar-refractivity contribution < 1.29 is 17.5 Å². The highest BCUT2D eigenvalue weighted by Gasteiger charge is 2.25. The fraction of sp³-hybridized carbons (Fsp3) is 0.455. The largest absolute Gasteiger partial charge is 0.399 e. The third-order valence-electron chi connectivity index (χ3n) is 3.13. The van der Waals surface area contributed by atoms with Gasteiger partial charge in [-0.05, 0) is 42.5 Å². The molecule has 4 N–H and O–H groups in total. The standard InChI is InChI=1S/C11H14N2.H2O4S/c12-10-6-8-2-1-4-13-5-3-9(7-10)11(8)13;1-5(2,3)4/h6-7H,1-5,12H2;(H2,1,2,3,4). The average Bonchev–Trinajstić information content (AvgIpc) is 2.60. The molecule has 0 atom stereocenters. The van der Waals surface area contributed by atoms with E-state index >= 15 is 0 Å². The third-order valence-corrected chi connectivity index (χ3v) is 3.13. The van der Waals surface area contributed by atoms with Gasteiger partial charge in [-0.2, -0.15) is 8.42 Å². The summed E-state index contributed by atoms with van der Waals surface area (Å²) in [6, 6.07) is 4.29. The Kier molecular flexibility index (Phi) is 3.47. The zero-order chi connectivity index (χ0) is 13.3. The van der Waals surface area contributed by atoms with Gasteiger partial charge in [-0.1, -0.05) is 0 Å². The van der Waals surface area contributed by atoms with Crippen LogP contribution < -0.4 is 10.6 Å². The summed E-state index contributed by atoms with van der Waals surface area (Å²) in [5.74, 6) is 0. The van der Waals surface area contributed by atoms with E-state index in [1.165, 1.54) is 49.2 Å². The minimum absolute atomic E-state index is 0.942. The zero-order valence-electron chi connectivity index (χ0n) is 9.83. The molecule has 3 rings (SSSR count). The second kappa shape index (κ2) is 4.75. The van der Waals surface area contributed by atoms with Crippen LogP contribution in [0.3, 0.4) is 0 Å². The Bertz CT molecular complexity index is 548. The molecule has 0 bridgehead atoms. The Labute approximate surface area is 106 Å². The van der Waals surface area contributed by atoms with E-state index in [0.717, 1.165) is 5.69 Å². The summed E-state index contributed by atoms with van der Waals surface area (Å²) in [4.78, 5) is 2.51. The van der Waals surface area contributed by atoms with Crippen molar-refractivity contribution in [3.63, 3.8) is 0 Å². The Morgan fingerprint density at radius 2 is 1.67 bits per heavy atom. The molecule has 2 aliphatic rings. The molecule has 0 fully saturated rings. The van der Waals surface area contributed by atoms with Crippen LogP contribution in [0.1, 0.15) is 17.5 Å². The average molecular weight is 272 g/mol. The molecule has 0 radical (unpaired) electrons. The van der Waals surface area contributed by atoms with Gasteiger partial charge in [-0.3, -0.25) is 9.11 Å². The van der Waals surface area contributed by atoms with Crippen molar-refractivity contribution in [2.75, 3.05) is 23.7 Å². The van der Waals surface area contributed by atoms with Crippen molar-refractivity contribution in [2.45, 2.75) is 19.3 Å². The SMILES string of the molecule is Nc1cc2c3c(c1)CCN3CCC2.O=S(=O)(O)O. The summed E-state index contributed by atoms with van der Waals surface area (Å²) >= 11 is 0. The van der Waals surface area contributed by atoms with Crippen LogP contribution in [-0.2, 0) is 23.2 Å². The Morgan fingerprint density at radius 1 is 1.11 bits per heavy atom. The first kappa shape index (κ1) is 13.1. The molecule has 100 valence electrons. The molecule has 18 heavy (non-hydrogen) atoms. The smallest absolute Gasteiger partial charge is 0.394 e. The monoisotopic (exact) mass is 272 g/mol. The first-order valence-corrected chi connectivity index (χ1v) is 7.10. The highest BCUT2D eigenvalue weighted by molar-refractivity contribution is 7.79. The molecule has 1 aromatic carbocycles. The first-order valence-electron chi connectivity index (χ1n) is 5.71. The van der Waals surface area contributed by atoms with Crippen LogP contribution in [0.4, 0.5) is 11.4 Å². The number of nitrogens with zero attached hydrogens (tertiary/aromatic N) is 1. The minimum Gasteiger partial charge on any atom is -0.399 e. The first-order chi connectivity index (χ1) is 8.34. The van der Waals surface area contributed by atoms with Crippen molar-refractivity contribution >= 4 is 21.8 Å².